The Kier molecular flexibility index (Phi) is 6.92. The van der Waals surface area contributed by atoms with E-state index in [1.54, 1.807) is 0 Å². The van der Waals surface area contributed by atoms with Gasteiger partial charge in [-0.05, 0) is 12.8 Å². The van der Waals surface area contributed by atoms with Crippen LogP contribution in [0, 0.1) is 0 Å². The Morgan fingerprint density at radius 3 is 2.29 bits per heavy atom. The molecule has 0 spiro atoms. The first-order valence-electron chi connectivity index (χ1n) is 5.02. The molecule has 0 bridgehead atoms. The molecule has 2 nitrogen and oxygen atoms in total. The molecular formula is C9H19F3N2. The van der Waals surface area contributed by atoms with Crippen LogP contribution in [0.3, 0.4) is 0 Å². The number of alkyl halides is 3. The van der Waals surface area contributed by atoms with Crippen molar-refractivity contribution in [3.63, 3.8) is 0 Å². The van der Waals surface area contributed by atoms with E-state index in [1.807, 2.05) is 0 Å². The number of hydrogen-bond acceptors (Lipinski definition) is 2. The van der Waals surface area contributed by atoms with Gasteiger partial charge in [0.15, 0.2) is 0 Å². The van der Waals surface area contributed by atoms with E-state index in [4.69, 9.17) is 5.84 Å². The summed E-state index contributed by atoms with van der Waals surface area (Å²) in [6, 6.07) is -0.205. The largest absolute Gasteiger partial charge is 0.389 e. The average molecular weight is 212 g/mol. The van der Waals surface area contributed by atoms with Crippen LogP contribution in [0.4, 0.5) is 13.2 Å². The number of hydrogen-bond donors (Lipinski definition) is 2. The third-order valence-corrected chi connectivity index (χ3v) is 2.17. The number of halogens is 3. The maximum Gasteiger partial charge on any atom is 0.389 e. The minimum atomic E-state index is -4.07. The van der Waals surface area contributed by atoms with Gasteiger partial charge in [-0.2, -0.15) is 13.2 Å². The molecule has 0 amide bonds. The Morgan fingerprint density at radius 2 is 1.86 bits per heavy atom. The molecule has 3 N–H and O–H groups in total. The van der Waals surface area contributed by atoms with Gasteiger partial charge in [0.1, 0.15) is 0 Å². The van der Waals surface area contributed by atoms with Gasteiger partial charge in [-0.25, -0.2) is 0 Å². The van der Waals surface area contributed by atoms with Crippen LogP contribution in [0.5, 0.6) is 0 Å². The maximum absolute atomic E-state index is 11.9. The minimum Gasteiger partial charge on any atom is -0.271 e. The van der Waals surface area contributed by atoms with E-state index >= 15 is 0 Å². The molecule has 0 heterocycles. The van der Waals surface area contributed by atoms with Gasteiger partial charge in [-0.1, -0.05) is 26.2 Å². The quantitative estimate of drug-likeness (QED) is 0.387. The molecule has 0 aliphatic carbocycles. The molecule has 0 saturated heterocycles. The predicted molar refractivity (Wildman–Crippen MR) is 50.5 cm³/mol. The lowest BCUT2D eigenvalue weighted by atomic mass is 10.0. The van der Waals surface area contributed by atoms with E-state index in [0.717, 1.165) is 25.7 Å². The molecule has 14 heavy (non-hydrogen) atoms. The normalized spacial score (nSPS) is 14.4. The fourth-order valence-electron chi connectivity index (χ4n) is 1.29. The van der Waals surface area contributed by atoms with Gasteiger partial charge in [0, 0.05) is 12.5 Å². The van der Waals surface area contributed by atoms with Crippen molar-refractivity contribution in [2.75, 3.05) is 0 Å². The zero-order valence-corrected chi connectivity index (χ0v) is 8.53. The van der Waals surface area contributed by atoms with Crippen LogP contribution < -0.4 is 11.3 Å². The van der Waals surface area contributed by atoms with Gasteiger partial charge < -0.3 is 0 Å². The molecule has 0 radical (unpaired) electrons. The van der Waals surface area contributed by atoms with Crippen molar-refractivity contribution in [1.82, 2.24) is 5.43 Å². The van der Waals surface area contributed by atoms with Crippen LogP contribution in [0.2, 0.25) is 0 Å². The van der Waals surface area contributed by atoms with Crippen molar-refractivity contribution < 1.29 is 13.2 Å². The number of hydrazine groups is 1. The van der Waals surface area contributed by atoms with Crippen LogP contribution in [-0.4, -0.2) is 12.2 Å². The second kappa shape index (κ2) is 7.06. The lowest BCUT2D eigenvalue weighted by Crippen LogP contribution is -2.35. The van der Waals surface area contributed by atoms with Crippen molar-refractivity contribution in [3.8, 4) is 0 Å². The Balaban J connectivity index is 3.58. The third-order valence-electron chi connectivity index (χ3n) is 2.17. The first-order valence-corrected chi connectivity index (χ1v) is 5.02. The molecule has 5 heteroatoms. The number of unbranched alkanes of at least 4 members (excludes halogenated alkanes) is 2. The minimum absolute atomic E-state index is 0.0731. The molecule has 0 saturated carbocycles. The first-order chi connectivity index (χ1) is 6.49. The molecule has 0 aliphatic heterocycles. The van der Waals surface area contributed by atoms with Crippen LogP contribution >= 0.6 is 0 Å². The van der Waals surface area contributed by atoms with Crippen molar-refractivity contribution in [3.05, 3.63) is 0 Å². The number of nitrogens with one attached hydrogen (secondary N) is 1. The molecular weight excluding hydrogens is 193 g/mol. The molecule has 0 aromatic rings. The molecule has 0 rings (SSSR count). The second-order valence-corrected chi connectivity index (χ2v) is 3.51. The molecule has 1 atom stereocenters. The molecule has 0 aromatic carbocycles. The van der Waals surface area contributed by atoms with E-state index in [-0.39, 0.29) is 12.5 Å². The van der Waals surface area contributed by atoms with Crippen molar-refractivity contribution >= 4 is 0 Å². The highest BCUT2D eigenvalue weighted by Crippen LogP contribution is 2.23. The third kappa shape index (κ3) is 8.31. The summed E-state index contributed by atoms with van der Waals surface area (Å²) in [5.74, 6) is 5.17. The predicted octanol–water partition coefficient (Wildman–Crippen LogP) is 2.74. The average Bonchev–Trinajstić information content (AvgIpc) is 2.09. The second-order valence-electron chi connectivity index (χ2n) is 3.51. The molecule has 0 aliphatic rings. The standard InChI is InChI=1S/C9H19F3N2/c1-2-3-4-5-8(14-13)6-7-9(10,11)12/h8,14H,2-7,13H2,1H3. The summed E-state index contributed by atoms with van der Waals surface area (Å²) in [6.45, 7) is 2.06. The first kappa shape index (κ1) is 13.7. The molecule has 86 valence electrons. The maximum atomic E-state index is 11.9. The molecule has 0 fully saturated rings. The highest BCUT2D eigenvalue weighted by molar-refractivity contribution is 4.66. The van der Waals surface area contributed by atoms with E-state index in [2.05, 4.69) is 12.3 Å². The Labute approximate surface area is 83.0 Å². The van der Waals surface area contributed by atoms with Gasteiger partial charge in [0.05, 0.1) is 0 Å². The van der Waals surface area contributed by atoms with Crippen LogP contribution in [0.25, 0.3) is 0 Å². The summed E-state index contributed by atoms with van der Waals surface area (Å²) >= 11 is 0. The molecule has 0 aromatic heterocycles. The summed E-state index contributed by atoms with van der Waals surface area (Å²) in [7, 11) is 0. The van der Waals surface area contributed by atoms with Crippen molar-refractivity contribution in [2.24, 2.45) is 5.84 Å². The van der Waals surface area contributed by atoms with Crippen molar-refractivity contribution in [2.45, 2.75) is 57.7 Å². The van der Waals surface area contributed by atoms with E-state index in [1.165, 1.54) is 0 Å². The van der Waals surface area contributed by atoms with Gasteiger partial charge in [0.25, 0.3) is 0 Å². The summed E-state index contributed by atoms with van der Waals surface area (Å²) in [5, 5.41) is 0. The SMILES string of the molecule is CCCCCC(CCC(F)(F)F)NN. The van der Waals surface area contributed by atoms with E-state index in [9.17, 15) is 13.2 Å². The van der Waals surface area contributed by atoms with Crippen LogP contribution in [0.1, 0.15) is 45.4 Å². The number of rotatable bonds is 7. The lowest BCUT2D eigenvalue weighted by molar-refractivity contribution is -0.136. The van der Waals surface area contributed by atoms with Gasteiger partial charge in [-0.3, -0.25) is 11.3 Å². The Hall–Kier alpha value is -0.290. The zero-order chi connectivity index (χ0) is 11.0. The van der Waals surface area contributed by atoms with Crippen molar-refractivity contribution in [1.29, 1.82) is 0 Å². The van der Waals surface area contributed by atoms with Crippen LogP contribution in [0.15, 0.2) is 0 Å². The van der Waals surface area contributed by atoms with E-state index < -0.39 is 12.6 Å². The highest BCUT2D eigenvalue weighted by Gasteiger charge is 2.27. The van der Waals surface area contributed by atoms with Gasteiger partial charge in [0.2, 0.25) is 0 Å². The number of nitrogens with two attached hydrogens (primary N) is 1. The summed E-state index contributed by atoms with van der Waals surface area (Å²) < 4.78 is 35.6. The topological polar surface area (TPSA) is 38.0 Å². The summed E-state index contributed by atoms with van der Waals surface area (Å²) in [6.07, 6.45) is -0.984. The highest BCUT2D eigenvalue weighted by atomic mass is 19.4. The van der Waals surface area contributed by atoms with Gasteiger partial charge in [-0.15, -0.1) is 0 Å². The molecule has 1 unspecified atom stereocenters. The zero-order valence-electron chi connectivity index (χ0n) is 8.53. The smallest absolute Gasteiger partial charge is 0.271 e. The lowest BCUT2D eigenvalue weighted by Gasteiger charge is -2.16. The fourth-order valence-corrected chi connectivity index (χ4v) is 1.29. The fraction of sp³-hybridized carbons (Fsp3) is 1.00. The monoisotopic (exact) mass is 212 g/mol. The van der Waals surface area contributed by atoms with E-state index in [0.29, 0.717) is 0 Å². The Bertz CT molecular complexity index is 137. The Morgan fingerprint density at radius 1 is 1.21 bits per heavy atom. The van der Waals surface area contributed by atoms with Crippen LogP contribution in [-0.2, 0) is 0 Å². The van der Waals surface area contributed by atoms with Gasteiger partial charge >= 0.3 is 6.18 Å². The summed E-state index contributed by atoms with van der Waals surface area (Å²) in [5.41, 5.74) is 2.43. The summed E-state index contributed by atoms with van der Waals surface area (Å²) in [4.78, 5) is 0.